The maximum Gasteiger partial charge on any atom is 0.227 e. The van der Waals surface area contributed by atoms with Crippen molar-refractivity contribution in [2.45, 2.75) is 12.8 Å². The number of rotatable bonds is 2. The van der Waals surface area contributed by atoms with Crippen molar-refractivity contribution in [2.24, 2.45) is 23.7 Å². The van der Waals surface area contributed by atoms with Gasteiger partial charge in [-0.25, -0.2) is 0 Å². The molecule has 2 saturated heterocycles. The van der Waals surface area contributed by atoms with Gasteiger partial charge in [-0.2, -0.15) is 0 Å². The third kappa shape index (κ3) is 2.86. The quantitative estimate of drug-likeness (QED) is 0.692. The van der Waals surface area contributed by atoms with Crippen molar-refractivity contribution in [1.82, 2.24) is 9.80 Å². The SMILES string of the molecule is O=C(C1C2C=CC(CC2)C1C(=O)N1CCOCC1)N1CCOCC1. The van der Waals surface area contributed by atoms with E-state index < -0.39 is 0 Å². The predicted molar refractivity (Wildman–Crippen MR) is 87.1 cm³/mol. The van der Waals surface area contributed by atoms with E-state index in [1.807, 2.05) is 9.80 Å². The molecule has 1 saturated carbocycles. The summed E-state index contributed by atoms with van der Waals surface area (Å²) in [6.07, 6.45) is 6.41. The van der Waals surface area contributed by atoms with E-state index in [9.17, 15) is 9.59 Å². The summed E-state index contributed by atoms with van der Waals surface area (Å²) in [4.78, 5) is 30.2. The van der Waals surface area contributed by atoms with Crippen LogP contribution in [0.4, 0.5) is 0 Å². The Labute approximate surface area is 142 Å². The molecule has 2 bridgehead atoms. The largest absolute Gasteiger partial charge is 0.378 e. The van der Waals surface area contributed by atoms with E-state index in [0.717, 1.165) is 12.8 Å². The topological polar surface area (TPSA) is 59.1 Å². The molecule has 4 unspecified atom stereocenters. The fraction of sp³-hybridized carbons (Fsp3) is 0.778. The lowest BCUT2D eigenvalue weighted by atomic mass is 9.61. The molecule has 3 aliphatic carbocycles. The van der Waals surface area contributed by atoms with Crippen molar-refractivity contribution in [2.75, 3.05) is 52.6 Å². The first-order valence-electron chi connectivity index (χ1n) is 9.17. The summed E-state index contributed by atoms with van der Waals surface area (Å²) in [5, 5.41) is 0. The molecule has 5 aliphatic rings. The molecule has 2 heterocycles. The van der Waals surface area contributed by atoms with Crippen LogP contribution in [0.5, 0.6) is 0 Å². The number of nitrogens with zero attached hydrogens (tertiary/aromatic N) is 2. The Morgan fingerprint density at radius 3 is 1.42 bits per heavy atom. The van der Waals surface area contributed by atoms with Crippen LogP contribution in [0.1, 0.15) is 12.8 Å². The summed E-state index contributed by atoms with van der Waals surface area (Å²) < 4.78 is 10.7. The number of ether oxygens (including phenoxy) is 2. The van der Waals surface area contributed by atoms with Crippen molar-refractivity contribution in [3.63, 3.8) is 0 Å². The van der Waals surface area contributed by atoms with Gasteiger partial charge in [-0.3, -0.25) is 9.59 Å². The van der Waals surface area contributed by atoms with Gasteiger partial charge in [-0.15, -0.1) is 0 Å². The predicted octanol–water partition coefficient (Wildman–Crippen LogP) is 0.532. The fourth-order valence-electron chi connectivity index (χ4n) is 4.66. The molecule has 0 N–H and O–H groups in total. The van der Waals surface area contributed by atoms with Crippen molar-refractivity contribution in [3.05, 3.63) is 12.2 Å². The Balaban J connectivity index is 1.56. The molecular formula is C18H26N2O4. The second-order valence-corrected chi connectivity index (χ2v) is 7.22. The lowest BCUT2D eigenvalue weighted by molar-refractivity contribution is -0.156. The summed E-state index contributed by atoms with van der Waals surface area (Å²) in [7, 11) is 0. The van der Waals surface area contributed by atoms with Crippen LogP contribution in [0.15, 0.2) is 12.2 Å². The number of fused-ring (bicyclic) bond motifs is 2. The number of carbonyl (C=O) groups excluding carboxylic acids is 2. The van der Waals surface area contributed by atoms with Crippen molar-refractivity contribution in [1.29, 1.82) is 0 Å². The first-order valence-corrected chi connectivity index (χ1v) is 9.17. The summed E-state index contributed by atoms with van der Waals surface area (Å²) in [5.74, 6) is 0.345. The van der Waals surface area contributed by atoms with Gasteiger partial charge < -0.3 is 19.3 Å². The van der Waals surface area contributed by atoms with E-state index >= 15 is 0 Å². The second kappa shape index (κ2) is 6.84. The van der Waals surface area contributed by atoms with Crippen molar-refractivity contribution >= 4 is 11.8 Å². The molecule has 0 radical (unpaired) electrons. The number of carbonyl (C=O) groups is 2. The third-order valence-electron chi connectivity index (χ3n) is 5.96. The highest BCUT2D eigenvalue weighted by atomic mass is 16.5. The van der Waals surface area contributed by atoms with Gasteiger partial charge in [0, 0.05) is 26.2 Å². The molecule has 0 aromatic rings. The molecule has 0 aromatic heterocycles. The van der Waals surface area contributed by atoms with Crippen LogP contribution < -0.4 is 0 Å². The maximum atomic E-state index is 13.2. The standard InChI is InChI=1S/C18H26N2O4/c21-17(19-5-9-23-10-6-19)15-13-1-2-14(4-3-13)16(15)18(22)20-7-11-24-12-8-20/h1-2,13-16H,3-12H2. The molecule has 4 atom stereocenters. The summed E-state index contributed by atoms with van der Waals surface area (Å²) in [5.41, 5.74) is 0. The van der Waals surface area contributed by atoms with Crippen molar-refractivity contribution in [3.8, 4) is 0 Å². The van der Waals surface area contributed by atoms with Crippen LogP contribution in [-0.2, 0) is 19.1 Å². The monoisotopic (exact) mass is 334 g/mol. The van der Waals surface area contributed by atoms with Gasteiger partial charge in [0.1, 0.15) is 0 Å². The molecule has 3 fully saturated rings. The zero-order valence-electron chi connectivity index (χ0n) is 14.1. The average Bonchev–Trinajstić information content (AvgIpc) is 2.68. The van der Waals surface area contributed by atoms with Crippen LogP contribution in [-0.4, -0.2) is 74.2 Å². The highest BCUT2D eigenvalue weighted by Gasteiger charge is 2.50. The van der Waals surface area contributed by atoms with E-state index in [1.165, 1.54) is 0 Å². The van der Waals surface area contributed by atoms with E-state index in [2.05, 4.69) is 12.2 Å². The Morgan fingerprint density at radius 1 is 0.708 bits per heavy atom. The number of hydrogen-bond acceptors (Lipinski definition) is 4. The van der Waals surface area contributed by atoms with Gasteiger partial charge in [0.25, 0.3) is 0 Å². The Hall–Kier alpha value is -1.40. The van der Waals surface area contributed by atoms with Gasteiger partial charge in [-0.1, -0.05) is 12.2 Å². The maximum absolute atomic E-state index is 13.2. The van der Waals surface area contributed by atoms with Gasteiger partial charge in [0.15, 0.2) is 0 Å². The molecule has 132 valence electrons. The van der Waals surface area contributed by atoms with Gasteiger partial charge in [0.05, 0.1) is 38.3 Å². The molecule has 24 heavy (non-hydrogen) atoms. The van der Waals surface area contributed by atoms with E-state index in [4.69, 9.17) is 9.47 Å². The lowest BCUT2D eigenvalue weighted by Gasteiger charge is -2.46. The number of allylic oxidation sites excluding steroid dienone is 2. The molecule has 2 amide bonds. The van der Waals surface area contributed by atoms with Crippen LogP contribution in [0.2, 0.25) is 0 Å². The number of morpholine rings is 2. The van der Waals surface area contributed by atoms with E-state index in [-0.39, 0.29) is 35.5 Å². The normalized spacial score (nSPS) is 36.0. The van der Waals surface area contributed by atoms with Crippen LogP contribution in [0, 0.1) is 23.7 Å². The minimum Gasteiger partial charge on any atom is -0.378 e. The van der Waals surface area contributed by atoms with Crippen LogP contribution in [0.3, 0.4) is 0 Å². The van der Waals surface area contributed by atoms with Gasteiger partial charge in [0.2, 0.25) is 11.8 Å². The van der Waals surface area contributed by atoms with Gasteiger partial charge in [-0.05, 0) is 24.7 Å². The average molecular weight is 334 g/mol. The third-order valence-corrected chi connectivity index (χ3v) is 5.96. The molecule has 0 aromatic carbocycles. The Morgan fingerprint density at radius 2 is 1.08 bits per heavy atom. The summed E-state index contributed by atoms with van der Waals surface area (Å²) in [6, 6.07) is 0. The van der Waals surface area contributed by atoms with E-state index in [1.54, 1.807) is 0 Å². The Bertz CT molecular complexity index is 477. The number of hydrogen-bond donors (Lipinski definition) is 0. The van der Waals surface area contributed by atoms with Crippen LogP contribution in [0.25, 0.3) is 0 Å². The van der Waals surface area contributed by atoms with Gasteiger partial charge >= 0.3 is 0 Å². The minimum atomic E-state index is -0.192. The summed E-state index contributed by atoms with van der Waals surface area (Å²) >= 11 is 0. The molecule has 6 heteroatoms. The van der Waals surface area contributed by atoms with Crippen molar-refractivity contribution < 1.29 is 19.1 Å². The summed E-state index contributed by atoms with van der Waals surface area (Å²) in [6.45, 7) is 5.00. The minimum absolute atomic E-state index is 0.156. The fourth-order valence-corrected chi connectivity index (χ4v) is 4.66. The molecular weight excluding hydrogens is 308 g/mol. The Kier molecular flexibility index (Phi) is 4.59. The molecule has 2 aliphatic heterocycles. The van der Waals surface area contributed by atoms with Crippen LogP contribution >= 0.6 is 0 Å². The zero-order valence-corrected chi connectivity index (χ0v) is 14.1. The lowest BCUT2D eigenvalue weighted by Crippen LogP contribution is -2.56. The zero-order chi connectivity index (χ0) is 16.5. The van der Waals surface area contributed by atoms with E-state index in [0.29, 0.717) is 52.6 Å². The number of amides is 2. The molecule has 6 nitrogen and oxygen atoms in total. The highest BCUT2D eigenvalue weighted by molar-refractivity contribution is 5.89. The first-order chi connectivity index (χ1) is 11.8. The smallest absolute Gasteiger partial charge is 0.227 e. The highest BCUT2D eigenvalue weighted by Crippen LogP contribution is 2.46. The molecule has 5 rings (SSSR count). The second-order valence-electron chi connectivity index (χ2n) is 7.22. The molecule has 0 spiro atoms. The first kappa shape index (κ1) is 16.1.